The molecule has 3 rings (SSSR count). The fourth-order valence-electron chi connectivity index (χ4n) is 3.19. The Hall–Kier alpha value is -2.69. The Morgan fingerprint density at radius 2 is 2.16 bits per heavy atom. The molecule has 4 nitrogen and oxygen atoms in total. The summed E-state index contributed by atoms with van der Waals surface area (Å²) in [6, 6.07) is 8.49. The molecule has 1 unspecified atom stereocenters. The number of halogens is 1. The molecular formula is C20H22FN3O. The molecule has 0 saturated carbocycles. The third-order valence-electron chi connectivity index (χ3n) is 4.42. The molecule has 0 aliphatic heterocycles. The molecule has 1 amide bonds. The largest absolute Gasteiger partial charge is 0.361 e. The second-order valence-electron chi connectivity index (χ2n) is 6.55. The molecule has 0 saturated heterocycles. The topological polar surface area (TPSA) is 57.8 Å². The van der Waals surface area contributed by atoms with Gasteiger partial charge in [0.1, 0.15) is 5.82 Å². The second-order valence-corrected chi connectivity index (χ2v) is 6.55. The van der Waals surface area contributed by atoms with Crippen LogP contribution in [0.5, 0.6) is 0 Å². The van der Waals surface area contributed by atoms with E-state index in [-0.39, 0.29) is 23.6 Å². The maximum absolute atomic E-state index is 13.2. The predicted molar refractivity (Wildman–Crippen MR) is 96.8 cm³/mol. The summed E-state index contributed by atoms with van der Waals surface area (Å²) in [5, 5.41) is 4.01. The van der Waals surface area contributed by atoms with E-state index in [0.717, 1.165) is 22.0 Å². The number of H-pyrrole nitrogens is 1. The molecule has 2 heterocycles. The van der Waals surface area contributed by atoms with E-state index >= 15 is 0 Å². The number of nitrogens with zero attached hydrogens (tertiary/aromatic N) is 1. The van der Waals surface area contributed by atoms with Gasteiger partial charge in [0, 0.05) is 36.0 Å². The van der Waals surface area contributed by atoms with E-state index in [0.29, 0.717) is 13.0 Å². The Kier molecular flexibility index (Phi) is 5.12. The molecule has 5 heteroatoms. The number of carbonyl (C=O) groups is 1. The van der Waals surface area contributed by atoms with Gasteiger partial charge < -0.3 is 10.3 Å². The van der Waals surface area contributed by atoms with Crippen LogP contribution in [0, 0.1) is 11.7 Å². The first-order chi connectivity index (χ1) is 12.1. The summed E-state index contributed by atoms with van der Waals surface area (Å²) in [5.41, 5.74) is 2.77. The SMILES string of the molecule is CC(C)C(C(=O)NCCc1c[nH]c2cc(F)ccc12)c1cccnc1. The van der Waals surface area contributed by atoms with Crippen molar-refractivity contribution in [3.63, 3.8) is 0 Å². The number of pyridine rings is 1. The number of benzene rings is 1. The highest BCUT2D eigenvalue weighted by atomic mass is 19.1. The Bertz CT molecular complexity index is 858. The van der Waals surface area contributed by atoms with Gasteiger partial charge in [-0.05, 0) is 47.7 Å². The molecule has 1 atom stereocenters. The molecule has 0 aliphatic rings. The number of aromatic amines is 1. The molecule has 130 valence electrons. The maximum atomic E-state index is 13.2. The van der Waals surface area contributed by atoms with Crippen LogP contribution >= 0.6 is 0 Å². The molecule has 25 heavy (non-hydrogen) atoms. The Morgan fingerprint density at radius 1 is 1.32 bits per heavy atom. The highest BCUT2D eigenvalue weighted by Gasteiger charge is 2.24. The molecule has 2 aromatic heterocycles. The Balaban J connectivity index is 1.65. The van der Waals surface area contributed by atoms with Crippen molar-refractivity contribution in [1.29, 1.82) is 0 Å². The quantitative estimate of drug-likeness (QED) is 0.718. The summed E-state index contributed by atoms with van der Waals surface area (Å²) in [7, 11) is 0. The van der Waals surface area contributed by atoms with Gasteiger partial charge in [-0.2, -0.15) is 0 Å². The van der Waals surface area contributed by atoms with Gasteiger partial charge in [0.2, 0.25) is 5.91 Å². The third kappa shape index (κ3) is 3.87. The monoisotopic (exact) mass is 339 g/mol. The lowest BCUT2D eigenvalue weighted by Gasteiger charge is -2.20. The van der Waals surface area contributed by atoms with Gasteiger partial charge in [-0.25, -0.2) is 4.39 Å². The first kappa shape index (κ1) is 17.1. The average Bonchev–Trinajstić information content (AvgIpc) is 2.98. The summed E-state index contributed by atoms with van der Waals surface area (Å²) in [6.45, 7) is 4.60. The lowest BCUT2D eigenvalue weighted by molar-refractivity contribution is -0.123. The van der Waals surface area contributed by atoms with Crippen LogP contribution in [0.15, 0.2) is 48.9 Å². The Labute approximate surface area is 146 Å². The van der Waals surface area contributed by atoms with E-state index < -0.39 is 0 Å². The van der Waals surface area contributed by atoms with Crippen molar-refractivity contribution in [3.05, 3.63) is 65.9 Å². The molecule has 0 spiro atoms. The predicted octanol–water partition coefficient (Wildman–Crippen LogP) is 3.80. The van der Waals surface area contributed by atoms with Gasteiger partial charge in [0.05, 0.1) is 5.92 Å². The zero-order valence-corrected chi connectivity index (χ0v) is 14.4. The smallest absolute Gasteiger partial charge is 0.227 e. The van der Waals surface area contributed by atoms with Gasteiger partial charge in [-0.15, -0.1) is 0 Å². The van der Waals surface area contributed by atoms with E-state index in [4.69, 9.17) is 0 Å². The summed E-state index contributed by atoms with van der Waals surface area (Å²) in [6.07, 6.45) is 6.02. The minimum atomic E-state index is -0.259. The van der Waals surface area contributed by atoms with Crippen LogP contribution in [0.25, 0.3) is 10.9 Å². The lowest BCUT2D eigenvalue weighted by atomic mass is 9.88. The van der Waals surface area contributed by atoms with Crippen molar-refractivity contribution in [2.24, 2.45) is 5.92 Å². The van der Waals surface area contributed by atoms with Crippen LogP contribution in [0.1, 0.15) is 30.9 Å². The highest BCUT2D eigenvalue weighted by molar-refractivity contribution is 5.85. The van der Waals surface area contributed by atoms with E-state index in [1.165, 1.54) is 12.1 Å². The van der Waals surface area contributed by atoms with Crippen molar-refractivity contribution in [2.75, 3.05) is 6.54 Å². The van der Waals surface area contributed by atoms with Crippen LogP contribution in [-0.4, -0.2) is 22.4 Å². The second kappa shape index (κ2) is 7.47. The van der Waals surface area contributed by atoms with Crippen molar-refractivity contribution in [3.8, 4) is 0 Å². The number of amides is 1. The zero-order chi connectivity index (χ0) is 17.8. The summed E-state index contributed by atoms with van der Waals surface area (Å²) < 4.78 is 13.2. The average molecular weight is 339 g/mol. The summed E-state index contributed by atoms with van der Waals surface area (Å²) in [4.78, 5) is 19.8. The van der Waals surface area contributed by atoms with Crippen molar-refractivity contribution in [1.82, 2.24) is 15.3 Å². The molecule has 0 radical (unpaired) electrons. The summed E-state index contributed by atoms with van der Waals surface area (Å²) >= 11 is 0. The van der Waals surface area contributed by atoms with E-state index in [2.05, 4.69) is 15.3 Å². The molecule has 0 fully saturated rings. The highest BCUT2D eigenvalue weighted by Crippen LogP contribution is 2.24. The van der Waals surface area contributed by atoms with Crippen LogP contribution < -0.4 is 5.32 Å². The zero-order valence-electron chi connectivity index (χ0n) is 14.4. The number of hydrogen-bond acceptors (Lipinski definition) is 2. The van der Waals surface area contributed by atoms with E-state index in [9.17, 15) is 9.18 Å². The number of aromatic nitrogens is 2. The third-order valence-corrected chi connectivity index (χ3v) is 4.42. The molecule has 0 bridgehead atoms. The van der Waals surface area contributed by atoms with Gasteiger partial charge in [-0.1, -0.05) is 19.9 Å². The minimum absolute atomic E-state index is 0.00823. The number of carbonyl (C=O) groups excluding carboxylic acids is 1. The number of fused-ring (bicyclic) bond motifs is 1. The first-order valence-electron chi connectivity index (χ1n) is 8.49. The van der Waals surface area contributed by atoms with E-state index in [1.54, 1.807) is 18.5 Å². The minimum Gasteiger partial charge on any atom is -0.361 e. The fraction of sp³-hybridized carbons (Fsp3) is 0.300. The molecular weight excluding hydrogens is 317 g/mol. The van der Waals surface area contributed by atoms with Gasteiger partial charge >= 0.3 is 0 Å². The van der Waals surface area contributed by atoms with Crippen molar-refractivity contribution >= 4 is 16.8 Å². The van der Waals surface area contributed by atoms with Crippen LogP contribution in [0.3, 0.4) is 0 Å². The van der Waals surface area contributed by atoms with Crippen molar-refractivity contribution in [2.45, 2.75) is 26.2 Å². The molecule has 2 N–H and O–H groups in total. The van der Waals surface area contributed by atoms with E-state index in [1.807, 2.05) is 32.2 Å². The van der Waals surface area contributed by atoms with Gasteiger partial charge in [0.15, 0.2) is 0 Å². The molecule has 3 aromatic rings. The summed E-state index contributed by atoms with van der Waals surface area (Å²) in [5.74, 6) is -0.287. The maximum Gasteiger partial charge on any atom is 0.227 e. The lowest BCUT2D eigenvalue weighted by Crippen LogP contribution is -2.33. The first-order valence-corrected chi connectivity index (χ1v) is 8.49. The van der Waals surface area contributed by atoms with Gasteiger partial charge in [0.25, 0.3) is 0 Å². The number of rotatable bonds is 6. The molecule has 0 aliphatic carbocycles. The standard InChI is InChI=1S/C20H22FN3O/c1-13(2)19(15-4-3-8-22-11-15)20(25)23-9-7-14-12-24-18-10-16(21)5-6-17(14)18/h3-6,8,10-13,19,24H,7,9H2,1-2H3,(H,23,25). The molecule has 1 aromatic carbocycles. The number of hydrogen-bond donors (Lipinski definition) is 2. The van der Waals surface area contributed by atoms with Gasteiger partial charge in [-0.3, -0.25) is 9.78 Å². The fourth-order valence-corrected chi connectivity index (χ4v) is 3.19. The normalized spacial score (nSPS) is 12.5. The van der Waals surface area contributed by atoms with Crippen LogP contribution in [0.4, 0.5) is 4.39 Å². The van der Waals surface area contributed by atoms with Crippen LogP contribution in [0.2, 0.25) is 0 Å². The number of nitrogens with one attached hydrogen (secondary N) is 2. The Morgan fingerprint density at radius 3 is 2.88 bits per heavy atom. The van der Waals surface area contributed by atoms with Crippen LogP contribution in [-0.2, 0) is 11.2 Å². The van der Waals surface area contributed by atoms with Crippen molar-refractivity contribution < 1.29 is 9.18 Å².